The van der Waals surface area contributed by atoms with E-state index in [0.29, 0.717) is 22.9 Å². The molecule has 3 aromatic rings. The van der Waals surface area contributed by atoms with Crippen LogP contribution in [0.5, 0.6) is 0 Å². The number of nitrogens with one attached hydrogen (secondary N) is 3. The van der Waals surface area contributed by atoms with Gasteiger partial charge in [-0.15, -0.1) is 0 Å². The second-order valence-corrected chi connectivity index (χ2v) is 8.44. The maximum absolute atomic E-state index is 14.7. The minimum Gasteiger partial charge on any atom is -0.314 e. The number of carbonyl (C=O) groups excluding carboxylic acids is 1. The number of benzene rings is 1. The van der Waals surface area contributed by atoms with Crippen molar-refractivity contribution < 1.29 is 10.6 Å². The van der Waals surface area contributed by atoms with Crippen LogP contribution in [0.25, 0.3) is 5.69 Å². The minimum absolute atomic E-state index is 0. The highest BCUT2D eigenvalue weighted by molar-refractivity contribution is 6.05. The van der Waals surface area contributed by atoms with Gasteiger partial charge in [0.05, 0.1) is 29.6 Å². The average Bonchev–Trinajstić information content (AvgIpc) is 3.51. The monoisotopic (exact) mass is 449 g/mol. The third-order valence-electron chi connectivity index (χ3n) is 5.59. The van der Waals surface area contributed by atoms with Crippen LogP contribution in [0.4, 0.5) is 10.2 Å². The summed E-state index contributed by atoms with van der Waals surface area (Å²) in [5.41, 5.74) is 2.57. The molecule has 172 valence electrons. The Labute approximate surface area is 193 Å². The van der Waals surface area contributed by atoms with Gasteiger partial charge in [-0.25, -0.2) is 14.4 Å². The molecule has 1 fully saturated rings. The summed E-state index contributed by atoms with van der Waals surface area (Å²) in [6.07, 6.45) is 6.95. The minimum atomic E-state index is -0.639. The van der Waals surface area contributed by atoms with Crippen molar-refractivity contribution in [1.82, 2.24) is 19.4 Å². The molecule has 0 atom stereocenters. The SMILES string of the molecule is Cc1cc(F)c(C(=O)Nc2cccc(C(=N)N(C=N)C(C)C)n2)cc1-n1cnc(C2CC2)c1.[HH]. The highest BCUT2D eigenvalue weighted by Gasteiger charge is 2.26. The van der Waals surface area contributed by atoms with Crippen molar-refractivity contribution in [2.75, 3.05) is 5.32 Å². The molecule has 1 aromatic carbocycles. The van der Waals surface area contributed by atoms with Crippen LogP contribution in [0.2, 0.25) is 0 Å². The lowest BCUT2D eigenvalue weighted by atomic mass is 10.1. The molecule has 0 unspecified atom stereocenters. The van der Waals surface area contributed by atoms with E-state index in [4.69, 9.17) is 10.8 Å². The van der Waals surface area contributed by atoms with Crippen LogP contribution in [-0.4, -0.2) is 43.6 Å². The van der Waals surface area contributed by atoms with Gasteiger partial charge < -0.3 is 14.8 Å². The maximum Gasteiger partial charge on any atom is 0.259 e. The topological polar surface area (TPSA) is 111 Å². The van der Waals surface area contributed by atoms with Gasteiger partial charge in [0, 0.05) is 19.6 Å². The molecule has 1 amide bonds. The summed E-state index contributed by atoms with van der Waals surface area (Å²) in [6.45, 7) is 5.50. The van der Waals surface area contributed by atoms with Crippen LogP contribution >= 0.6 is 0 Å². The summed E-state index contributed by atoms with van der Waals surface area (Å²) in [5.74, 6) is -0.552. The number of amidine groups is 1. The average molecular weight is 450 g/mol. The van der Waals surface area contributed by atoms with Crippen molar-refractivity contribution in [2.45, 2.75) is 45.6 Å². The number of carbonyl (C=O) groups is 1. The van der Waals surface area contributed by atoms with Crippen LogP contribution in [0, 0.1) is 23.6 Å². The fourth-order valence-corrected chi connectivity index (χ4v) is 3.60. The third-order valence-corrected chi connectivity index (χ3v) is 5.59. The van der Waals surface area contributed by atoms with E-state index in [1.165, 1.54) is 17.0 Å². The van der Waals surface area contributed by atoms with E-state index < -0.39 is 11.7 Å². The fraction of sp³-hybridized carbons (Fsp3) is 0.292. The van der Waals surface area contributed by atoms with Gasteiger partial charge in [-0.2, -0.15) is 0 Å². The molecule has 9 heteroatoms. The van der Waals surface area contributed by atoms with E-state index in [2.05, 4.69) is 15.3 Å². The largest absolute Gasteiger partial charge is 0.314 e. The summed E-state index contributed by atoms with van der Waals surface area (Å²) in [6, 6.07) is 7.60. The molecule has 1 aliphatic carbocycles. The summed E-state index contributed by atoms with van der Waals surface area (Å²) in [5, 5.41) is 18.5. The first kappa shape index (κ1) is 22.3. The number of rotatable bonds is 7. The molecule has 8 nitrogen and oxygen atoms in total. The lowest BCUT2D eigenvalue weighted by Crippen LogP contribution is -2.36. The van der Waals surface area contributed by atoms with E-state index in [1.807, 2.05) is 24.6 Å². The van der Waals surface area contributed by atoms with Crippen molar-refractivity contribution in [1.29, 1.82) is 10.8 Å². The summed E-state index contributed by atoms with van der Waals surface area (Å²) in [4.78, 5) is 23.1. The first-order chi connectivity index (χ1) is 15.8. The van der Waals surface area contributed by atoms with Crippen molar-refractivity contribution in [3.63, 3.8) is 0 Å². The molecule has 0 spiro atoms. The van der Waals surface area contributed by atoms with Crippen LogP contribution in [0.3, 0.4) is 0 Å². The quantitative estimate of drug-likeness (QED) is 0.358. The zero-order valence-corrected chi connectivity index (χ0v) is 18.8. The van der Waals surface area contributed by atoms with Gasteiger partial charge in [0.15, 0.2) is 5.84 Å². The lowest BCUT2D eigenvalue weighted by molar-refractivity contribution is 0.102. The molecule has 2 aromatic heterocycles. The molecule has 2 heterocycles. The first-order valence-electron chi connectivity index (χ1n) is 10.8. The van der Waals surface area contributed by atoms with E-state index in [1.54, 1.807) is 31.5 Å². The number of pyridine rings is 1. The summed E-state index contributed by atoms with van der Waals surface area (Å²) < 4.78 is 16.5. The van der Waals surface area contributed by atoms with E-state index >= 15 is 0 Å². The van der Waals surface area contributed by atoms with E-state index in [0.717, 1.165) is 24.9 Å². The number of amides is 1. The lowest BCUT2D eigenvalue weighted by Gasteiger charge is -2.23. The molecular weight excluding hydrogens is 421 g/mol. The van der Waals surface area contributed by atoms with Gasteiger partial charge in [-0.1, -0.05) is 6.07 Å². The van der Waals surface area contributed by atoms with Crippen molar-refractivity contribution in [3.8, 4) is 5.69 Å². The van der Waals surface area contributed by atoms with Gasteiger partial charge in [0.1, 0.15) is 17.3 Å². The predicted molar refractivity (Wildman–Crippen MR) is 127 cm³/mol. The zero-order chi connectivity index (χ0) is 23.7. The predicted octanol–water partition coefficient (Wildman–Crippen LogP) is 4.73. The van der Waals surface area contributed by atoms with Crippen LogP contribution in [0.1, 0.15) is 61.3 Å². The van der Waals surface area contributed by atoms with E-state index in [-0.39, 0.29) is 24.7 Å². The standard InChI is InChI=1S/C24H26FN7O.H2/c1-14(2)32(12-26)23(27)19-5-4-6-22(29-19)30-24(33)17-10-21(15(3)9-18(17)25)31-11-20(28-13-31)16-7-8-16;/h4-6,9-14,16,26-27H,7-8H2,1-3H3,(H,29,30,33);1H. The molecule has 33 heavy (non-hydrogen) atoms. The van der Waals surface area contributed by atoms with Crippen LogP contribution in [0.15, 0.2) is 42.9 Å². The Kier molecular flexibility index (Phi) is 6.04. The Bertz CT molecular complexity index is 1240. The Morgan fingerprint density at radius 3 is 2.79 bits per heavy atom. The Balaban J connectivity index is 0.00000324. The number of nitrogens with zero attached hydrogens (tertiary/aromatic N) is 4. The number of hydrogen-bond acceptors (Lipinski definition) is 5. The normalized spacial score (nSPS) is 13.1. The molecule has 0 saturated heterocycles. The molecule has 0 bridgehead atoms. The van der Waals surface area contributed by atoms with Gasteiger partial charge in [-0.3, -0.25) is 15.6 Å². The second-order valence-electron chi connectivity index (χ2n) is 8.44. The Morgan fingerprint density at radius 1 is 1.36 bits per heavy atom. The van der Waals surface area contributed by atoms with Crippen molar-refractivity contribution in [3.05, 3.63) is 71.2 Å². The van der Waals surface area contributed by atoms with Crippen LogP contribution < -0.4 is 5.32 Å². The molecule has 1 aliphatic rings. The van der Waals surface area contributed by atoms with Gasteiger partial charge in [0.2, 0.25) is 0 Å². The number of aryl methyl sites for hydroxylation is 1. The smallest absolute Gasteiger partial charge is 0.259 e. The number of anilines is 1. The Morgan fingerprint density at radius 2 is 2.12 bits per heavy atom. The number of halogens is 1. The van der Waals surface area contributed by atoms with Crippen molar-refractivity contribution in [2.24, 2.45) is 0 Å². The number of imidazole rings is 1. The molecule has 4 rings (SSSR count). The maximum atomic E-state index is 14.7. The fourth-order valence-electron chi connectivity index (χ4n) is 3.60. The molecule has 0 radical (unpaired) electrons. The van der Waals surface area contributed by atoms with Crippen molar-refractivity contribution >= 4 is 23.9 Å². The summed E-state index contributed by atoms with van der Waals surface area (Å²) >= 11 is 0. The van der Waals surface area contributed by atoms with Crippen LogP contribution in [-0.2, 0) is 0 Å². The molecular formula is C24H28FN7O. The van der Waals surface area contributed by atoms with Gasteiger partial charge in [0.25, 0.3) is 5.91 Å². The second kappa shape index (κ2) is 8.93. The molecule has 0 aliphatic heterocycles. The highest BCUT2D eigenvalue weighted by Crippen LogP contribution is 2.39. The number of aromatic nitrogens is 3. The van der Waals surface area contributed by atoms with E-state index in [9.17, 15) is 9.18 Å². The third kappa shape index (κ3) is 4.67. The molecule has 3 N–H and O–H groups in total. The van der Waals surface area contributed by atoms with Gasteiger partial charge in [-0.05, 0) is 63.4 Å². The highest BCUT2D eigenvalue weighted by atomic mass is 19.1. The Hall–Kier alpha value is -3.88. The summed E-state index contributed by atoms with van der Waals surface area (Å²) in [7, 11) is 0. The van der Waals surface area contributed by atoms with Gasteiger partial charge >= 0.3 is 0 Å². The zero-order valence-electron chi connectivity index (χ0n) is 18.8. The first-order valence-corrected chi connectivity index (χ1v) is 10.8. The molecule has 1 saturated carbocycles. The number of hydrogen-bond donors (Lipinski definition) is 3.